The van der Waals surface area contributed by atoms with Crippen molar-refractivity contribution < 1.29 is 9.53 Å². The molecule has 32 heavy (non-hydrogen) atoms. The highest BCUT2D eigenvalue weighted by atomic mass is 35.5. The number of carbonyl (C=O) groups excluding carboxylic acids is 1. The lowest BCUT2D eigenvalue weighted by Crippen LogP contribution is -2.23. The number of aromatic nitrogens is 1. The van der Waals surface area contributed by atoms with E-state index in [0.29, 0.717) is 30.5 Å². The Balaban J connectivity index is 1.52. The maximum Gasteiger partial charge on any atom is 0.262 e. The SMILES string of the molecule is N#C/C(=C\c1cn(CCOc2ccccc2Cl)c2ccccc12)C(=O)NCc1cccs1. The minimum Gasteiger partial charge on any atom is -0.490 e. The van der Waals surface area contributed by atoms with Gasteiger partial charge in [-0.15, -0.1) is 11.3 Å². The molecule has 0 fully saturated rings. The van der Waals surface area contributed by atoms with E-state index in [1.54, 1.807) is 23.5 Å². The summed E-state index contributed by atoms with van der Waals surface area (Å²) in [4.78, 5) is 13.6. The van der Waals surface area contributed by atoms with E-state index in [4.69, 9.17) is 16.3 Å². The van der Waals surface area contributed by atoms with Crippen molar-refractivity contribution in [3.63, 3.8) is 0 Å². The Morgan fingerprint density at radius 1 is 1.16 bits per heavy atom. The lowest BCUT2D eigenvalue weighted by molar-refractivity contribution is -0.117. The summed E-state index contributed by atoms with van der Waals surface area (Å²) < 4.78 is 7.88. The van der Waals surface area contributed by atoms with Crippen LogP contribution >= 0.6 is 22.9 Å². The van der Waals surface area contributed by atoms with Crippen molar-refractivity contribution in [1.29, 1.82) is 5.26 Å². The van der Waals surface area contributed by atoms with Crippen molar-refractivity contribution >= 4 is 45.8 Å². The van der Waals surface area contributed by atoms with Gasteiger partial charge in [0.15, 0.2) is 0 Å². The van der Waals surface area contributed by atoms with E-state index >= 15 is 0 Å². The highest BCUT2D eigenvalue weighted by molar-refractivity contribution is 7.09. The number of thiophene rings is 1. The molecular weight excluding hydrogens is 442 g/mol. The number of fused-ring (bicyclic) bond motifs is 1. The first-order valence-electron chi connectivity index (χ1n) is 10.0. The van der Waals surface area contributed by atoms with Crippen LogP contribution in [0, 0.1) is 11.3 Å². The molecule has 1 N–H and O–H groups in total. The molecule has 0 unspecified atom stereocenters. The first-order valence-corrected chi connectivity index (χ1v) is 11.3. The number of ether oxygens (including phenoxy) is 1. The highest BCUT2D eigenvalue weighted by Crippen LogP contribution is 2.25. The van der Waals surface area contributed by atoms with Crippen molar-refractivity contribution in [3.8, 4) is 11.8 Å². The minimum absolute atomic E-state index is 0.0665. The quantitative estimate of drug-likeness (QED) is 0.272. The van der Waals surface area contributed by atoms with E-state index in [2.05, 4.69) is 9.88 Å². The second-order valence-corrected chi connectivity index (χ2v) is 8.45. The molecule has 0 saturated heterocycles. The van der Waals surface area contributed by atoms with Gasteiger partial charge in [0.05, 0.1) is 18.1 Å². The van der Waals surface area contributed by atoms with Crippen LogP contribution in [0.15, 0.2) is 77.8 Å². The number of halogens is 1. The van der Waals surface area contributed by atoms with Crippen LogP contribution in [0.4, 0.5) is 0 Å². The number of nitriles is 1. The average molecular weight is 462 g/mol. The third-order valence-electron chi connectivity index (χ3n) is 4.91. The average Bonchev–Trinajstić information content (AvgIpc) is 3.45. The Morgan fingerprint density at radius 2 is 1.97 bits per heavy atom. The van der Waals surface area contributed by atoms with Gasteiger partial charge < -0.3 is 14.6 Å². The summed E-state index contributed by atoms with van der Waals surface area (Å²) in [6.07, 6.45) is 3.57. The molecule has 2 heterocycles. The Bertz CT molecular complexity index is 1300. The zero-order chi connectivity index (χ0) is 22.3. The summed E-state index contributed by atoms with van der Waals surface area (Å²) in [6, 6.07) is 21.1. The van der Waals surface area contributed by atoms with E-state index in [0.717, 1.165) is 21.3 Å². The molecule has 0 aliphatic rings. The zero-order valence-corrected chi connectivity index (χ0v) is 18.7. The number of para-hydroxylation sites is 2. The molecule has 0 spiro atoms. The Labute approximate surface area is 195 Å². The van der Waals surface area contributed by atoms with Crippen LogP contribution in [0.3, 0.4) is 0 Å². The first kappa shape index (κ1) is 21.7. The monoisotopic (exact) mass is 461 g/mol. The van der Waals surface area contributed by atoms with Crippen molar-refractivity contribution in [2.75, 3.05) is 6.61 Å². The van der Waals surface area contributed by atoms with E-state index < -0.39 is 0 Å². The smallest absolute Gasteiger partial charge is 0.262 e. The molecule has 0 atom stereocenters. The fourth-order valence-corrected chi connectivity index (χ4v) is 4.21. The zero-order valence-electron chi connectivity index (χ0n) is 17.1. The predicted octanol–water partition coefficient (Wildman–Crippen LogP) is 5.66. The van der Waals surface area contributed by atoms with Gasteiger partial charge in [0.25, 0.3) is 5.91 Å². The number of benzene rings is 2. The molecule has 0 radical (unpaired) electrons. The predicted molar refractivity (Wildman–Crippen MR) is 129 cm³/mol. The summed E-state index contributed by atoms with van der Waals surface area (Å²) in [6.45, 7) is 1.42. The molecule has 2 aromatic heterocycles. The molecule has 7 heteroatoms. The van der Waals surface area contributed by atoms with Gasteiger partial charge >= 0.3 is 0 Å². The van der Waals surface area contributed by atoms with Gasteiger partial charge in [0.1, 0.15) is 24.0 Å². The molecule has 4 rings (SSSR count). The van der Waals surface area contributed by atoms with Crippen molar-refractivity contribution in [2.45, 2.75) is 13.1 Å². The number of nitrogens with one attached hydrogen (secondary N) is 1. The van der Waals surface area contributed by atoms with Gasteiger partial charge in [-0.25, -0.2) is 0 Å². The largest absolute Gasteiger partial charge is 0.490 e. The maximum atomic E-state index is 12.5. The molecule has 0 saturated carbocycles. The fraction of sp³-hybridized carbons (Fsp3) is 0.120. The van der Waals surface area contributed by atoms with Gasteiger partial charge in [-0.05, 0) is 35.7 Å². The highest BCUT2D eigenvalue weighted by Gasteiger charge is 2.13. The van der Waals surface area contributed by atoms with Crippen LogP contribution in [-0.4, -0.2) is 17.1 Å². The fourth-order valence-electron chi connectivity index (χ4n) is 3.37. The normalized spacial score (nSPS) is 11.3. The van der Waals surface area contributed by atoms with Crippen LogP contribution in [0.2, 0.25) is 5.02 Å². The molecule has 4 aromatic rings. The third kappa shape index (κ3) is 5.02. The van der Waals surface area contributed by atoms with Gasteiger partial charge in [0.2, 0.25) is 0 Å². The van der Waals surface area contributed by atoms with Crippen LogP contribution in [-0.2, 0) is 17.9 Å². The molecule has 5 nitrogen and oxygen atoms in total. The number of rotatable bonds is 8. The van der Waals surface area contributed by atoms with Crippen molar-refractivity contribution in [3.05, 3.63) is 93.3 Å². The summed E-state index contributed by atoms with van der Waals surface area (Å²) in [5.41, 5.74) is 1.87. The van der Waals surface area contributed by atoms with E-state index in [-0.39, 0.29) is 11.5 Å². The second kappa shape index (κ2) is 10.2. The van der Waals surface area contributed by atoms with E-state index in [9.17, 15) is 10.1 Å². The number of carbonyl (C=O) groups is 1. The minimum atomic E-state index is -0.389. The van der Waals surface area contributed by atoms with E-state index in [1.807, 2.05) is 72.2 Å². The van der Waals surface area contributed by atoms with Crippen LogP contribution in [0.25, 0.3) is 17.0 Å². The summed E-state index contributed by atoms with van der Waals surface area (Å²) in [5.74, 6) is 0.250. The van der Waals surface area contributed by atoms with Crippen LogP contribution in [0.1, 0.15) is 10.4 Å². The number of nitrogens with zero attached hydrogens (tertiary/aromatic N) is 2. The number of amides is 1. The molecule has 0 bridgehead atoms. The second-order valence-electron chi connectivity index (χ2n) is 7.01. The lowest BCUT2D eigenvalue weighted by Gasteiger charge is -2.09. The van der Waals surface area contributed by atoms with Gasteiger partial charge in [-0.1, -0.05) is 48.0 Å². The Hall–Kier alpha value is -3.53. The molecular formula is C25H20ClN3O2S. The van der Waals surface area contributed by atoms with E-state index in [1.165, 1.54) is 0 Å². The molecule has 0 aliphatic carbocycles. The summed E-state index contributed by atoms with van der Waals surface area (Å²) in [5, 5.41) is 15.9. The van der Waals surface area contributed by atoms with Gasteiger partial charge in [-0.2, -0.15) is 5.26 Å². The Kier molecular flexibility index (Phi) is 6.90. The number of hydrogen-bond acceptors (Lipinski definition) is 4. The summed E-state index contributed by atoms with van der Waals surface area (Å²) in [7, 11) is 0. The first-order chi connectivity index (χ1) is 15.7. The number of hydrogen-bond donors (Lipinski definition) is 1. The molecule has 160 valence electrons. The lowest BCUT2D eigenvalue weighted by atomic mass is 10.1. The van der Waals surface area contributed by atoms with Crippen molar-refractivity contribution in [1.82, 2.24) is 9.88 Å². The van der Waals surface area contributed by atoms with Crippen molar-refractivity contribution in [2.24, 2.45) is 0 Å². The standard InChI is InChI=1S/C25H20ClN3O2S/c26-22-8-2-4-10-24(22)31-12-11-29-17-19(21-7-1-3-9-23(21)29)14-18(15-27)25(30)28-16-20-6-5-13-32-20/h1-10,13-14,17H,11-12,16H2,(H,28,30)/b18-14+. The van der Waals surface area contributed by atoms with Gasteiger partial charge in [0, 0.05) is 27.5 Å². The topological polar surface area (TPSA) is 67.0 Å². The van der Waals surface area contributed by atoms with Crippen LogP contribution < -0.4 is 10.1 Å². The molecule has 1 amide bonds. The summed E-state index contributed by atoms with van der Waals surface area (Å²) >= 11 is 7.72. The van der Waals surface area contributed by atoms with Gasteiger partial charge in [-0.3, -0.25) is 4.79 Å². The Morgan fingerprint density at radius 3 is 2.75 bits per heavy atom. The molecule has 2 aromatic carbocycles. The van der Waals surface area contributed by atoms with Crippen LogP contribution in [0.5, 0.6) is 5.75 Å². The maximum absolute atomic E-state index is 12.5. The molecule has 0 aliphatic heterocycles. The third-order valence-corrected chi connectivity index (χ3v) is 6.10.